The summed E-state index contributed by atoms with van der Waals surface area (Å²) in [5.41, 5.74) is 7.23. The van der Waals surface area contributed by atoms with E-state index >= 15 is 0 Å². The van der Waals surface area contributed by atoms with Crippen LogP contribution in [0.25, 0.3) is 0 Å². The van der Waals surface area contributed by atoms with Crippen LogP contribution in [0.3, 0.4) is 0 Å². The minimum absolute atomic E-state index is 0.266. The molecule has 0 saturated heterocycles. The van der Waals surface area contributed by atoms with Gasteiger partial charge in [-0.1, -0.05) is 20.8 Å². The lowest BCUT2D eigenvalue weighted by molar-refractivity contribution is 0.181. The van der Waals surface area contributed by atoms with Gasteiger partial charge in [-0.25, -0.2) is 4.98 Å². The zero-order valence-electron chi connectivity index (χ0n) is 12.4. The van der Waals surface area contributed by atoms with Gasteiger partial charge < -0.3 is 10.3 Å². The second-order valence-electron chi connectivity index (χ2n) is 5.55. The van der Waals surface area contributed by atoms with E-state index in [1.54, 1.807) is 0 Å². The van der Waals surface area contributed by atoms with E-state index in [9.17, 15) is 0 Å². The van der Waals surface area contributed by atoms with Gasteiger partial charge in [0, 0.05) is 25.3 Å². The van der Waals surface area contributed by atoms with Gasteiger partial charge in [0.1, 0.15) is 0 Å². The Morgan fingerprint density at radius 2 is 2.00 bits per heavy atom. The lowest BCUT2D eigenvalue weighted by atomic mass is 10.1. The van der Waals surface area contributed by atoms with Crippen LogP contribution in [0.2, 0.25) is 0 Å². The topological polar surface area (TPSA) is 47.1 Å². The molecule has 0 bridgehead atoms. The molecule has 104 valence electrons. The summed E-state index contributed by atoms with van der Waals surface area (Å²) in [6.07, 6.45) is 3.87. The van der Waals surface area contributed by atoms with Crippen LogP contribution in [-0.4, -0.2) is 34.1 Å². The minimum atomic E-state index is 0.266. The Morgan fingerprint density at radius 3 is 2.44 bits per heavy atom. The van der Waals surface area contributed by atoms with Gasteiger partial charge >= 0.3 is 0 Å². The zero-order chi connectivity index (χ0) is 13.7. The molecule has 0 aromatic carbocycles. The molecule has 2 N–H and O–H groups in total. The van der Waals surface area contributed by atoms with Crippen LogP contribution in [-0.2, 0) is 0 Å². The summed E-state index contributed by atoms with van der Waals surface area (Å²) in [4.78, 5) is 6.73. The second-order valence-corrected chi connectivity index (χ2v) is 5.55. The standard InChI is InChI=1S/C14H28N4/c1-6-17(9-11(2)3)13(7-15)14-8-16-10-18(14)12(4)5/h8,10-13H,6-7,9,15H2,1-5H3. The Hall–Kier alpha value is -0.870. The Bertz CT molecular complexity index is 343. The third-order valence-corrected chi connectivity index (χ3v) is 3.26. The van der Waals surface area contributed by atoms with Gasteiger partial charge in [-0.2, -0.15) is 0 Å². The first kappa shape index (κ1) is 15.2. The first-order valence-electron chi connectivity index (χ1n) is 6.97. The van der Waals surface area contributed by atoms with E-state index in [1.807, 2.05) is 12.5 Å². The van der Waals surface area contributed by atoms with Crippen LogP contribution in [0.4, 0.5) is 0 Å². The number of likely N-dealkylation sites (N-methyl/N-ethyl adjacent to an activating group) is 1. The first-order chi connectivity index (χ1) is 8.51. The number of rotatable bonds is 7. The van der Waals surface area contributed by atoms with Crippen molar-refractivity contribution in [2.45, 2.75) is 46.7 Å². The average molecular weight is 252 g/mol. The molecule has 1 rings (SSSR count). The smallest absolute Gasteiger partial charge is 0.0951 e. The highest BCUT2D eigenvalue weighted by Crippen LogP contribution is 2.23. The highest BCUT2D eigenvalue weighted by molar-refractivity contribution is 5.07. The Labute approximate surface area is 111 Å². The van der Waals surface area contributed by atoms with Crippen molar-refractivity contribution in [1.82, 2.24) is 14.5 Å². The van der Waals surface area contributed by atoms with E-state index in [4.69, 9.17) is 5.73 Å². The third kappa shape index (κ3) is 3.56. The van der Waals surface area contributed by atoms with E-state index < -0.39 is 0 Å². The molecule has 4 nitrogen and oxygen atoms in total. The molecule has 0 radical (unpaired) electrons. The van der Waals surface area contributed by atoms with Crippen molar-refractivity contribution < 1.29 is 0 Å². The van der Waals surface area contributed by atoms with Crippen LogP contribution in [0.1, 0.15) is 52.4 Å². The number of nitrogens with zero attached hydrogens (tertiary/aromatic N) is 3. The highest BCUT2D eigenvalue weighted by Gasteiger charge is 2.22. The van der Waals surface area contributed by atoms with Gasteiger partial charge in [-0.3, -0.25) is 4.90 Å². The molecule has 0 aliphatic carbocycles. The fourth-order valence-electron chi connectivity index (χ4n) is 2.41. The van der Waals surface area contributed by atoms with Crippen molar-refractivity contribution in [2.75, 3.05) is 19.6 Å². The summed E-state index contributed by atoms with van der Waals surface area (Å²) >= 11 is 0. The molecule has 0 saturated carbocycles. The van der Waals surface area contributed by atoms with E-state index in [1.165, 1.54) is 5.69 Å². The third-order valence-electron chi connectivity index (χ3n) is 3.26. The van der Waals surface area contributed by atoms with Crippen LogP contribution in [0, 0.1) is 5.92 Å². The van der Waals surface area contributed by atoms with E-state index in [0.29, 0.717) is 18.5 Å². The van der Waals surface area contributed by atoms with Crippen LogP contribution < -0.4 is 5.73 Å². The maximum atomic E-state index is 6.00. The molecule has 0 fully saturated rings. The summed E-state index contributed by atoms with van der Waals surface area (Å²) in [5, 5.41) is 0. The van der Waals surface area contributed by atoms with Crippen LogP contribution >= 0.6 is 0 Å². The average Bonchev–Trinajstić information content (AvgIpc) is 2.77. The Balaban J connectivity index is 2.96. The summed E-state index contributed by atoms with van der Waals surface area (Å²) in [6.45, 7) is 13.8. The monoisotopic (exact) mass is 252 g/mol. The van der Waals surface area contributed by atoms with E-state index in [-0.39, 0.29) is 6.04 Å². The molecule has 1 unspecified atom stereocenters. The van der Waals surface area contributed by atoms with Crippen molar-refractivity contribution in [1.29, 1.82) is 0 Å². The molecule has 0 spiro atoms. The van der Waals surface area contributed by atoms with Gasteiger partial charge in [-0.05, 0) is 26.3 Å². The first-order valence-corrected chi connectivity index (χ1v) is 6.97. The van der Waals surface area contributed by atoms with Gasteiger partial charge in [0.15, 0.2) is 0 Å². The highest BCUT2D eigenvalue weighted by atomic mass is 15.2. The summed E-state index contributed by atoms with van der Waals surface area (Å²) in [5.74, 6) is 0.648. The maximum absolute atomic E-state index is 6.00. The fraction of sp³-hybridized carbons (Fsp3) is 0.786. The van der Waals surface area contributed by atoms with Gasteiger partial charge in [-0.15, -0.1) is 0 Å². The van der Waals surface area contributed by atoms with E-state index in [0.717, 1.165) is 13.1 Å². The lowest BCUT2D eigenvalue weighted by Crippen LogP contribution is -2.37. The molecule has 1 atom stereocenters. The zero-order valence-corrected chi connectivity index (χ0v) is 12.4. The summed E-state index contributed by atoms with van der Waals surface area (Å²) in [7, 11) is 0. The number of aromatic nitrogens is 2. The minimum Gasteiger partial charge on any atom is -0.331 e. The largest absolute Gasteiger partial charge is 0.331 e. The molecule has 18 heavy (non-hydrogen) atoms. The molecule has 0 aliphatic rings. The lowest BCUT2D eigenvalue weighted by Gasteiger charge is -2.32. The molecule has 0 aliphatic heterocycles. The Kier molecular flexibility index (Phi) is 5.82. The number of hydrogen-bond donors (Lipinski definition) is 1. The van der Waals surface area contributed by atoms with Crippen molar-refractivity contribution >= 4 is 0 Å². The van der Waals surface area contributed by atoms with Gasteiger partial charge in [0.25, 0.3) is 0 Å². The van der Waals surface area contributed by atoms with E-state index in [2.05, 4.69) is 49.1 Å². The normalized spacial score (nSPS) is 13.8. The molecule has 1 heterocycles. The SMILES string of the molecule is CCN(CC(C)C)C(CN)c1cncn1C(C)C. The van der Waals surface area contributed by atoms with Crippen molar-refractivity contribution in [3.63, 3.8) is 0 Å². The second kappa shape index (κ2) is 6.90. The summed E-state index contributed by atoms with van der Waals surface area (Å²) < 4.78 is 2.22. The maximum Gasteiger partial charge on any atom is 0.0951 e. The van der Waals surface area contributed by atoms with Gasteiger partial charge in [0.05, 0.1) is 18.1 Å². The summed E-state index contributed by atoms with van der Waals surface area (Å²) in [6, 6.07) is 0.691. The molecular formula is C14H28N4. The number of hydrogen-bond acceptors (Lipinski definition) is 3. The molecule has 1 aromatic rings. The molecule has 4 heteroatoms. The molecule has 1 aromatic heterocycles. The number of nitrogens with two attached hydrogens (primary N) is 1. The predicted molar refractivity (Wildman–Crippen MR) is 76.5 cm³/mol. The van der Waals surface area contributed by atoms with Crippen molar-refractivity contribution in [3.05, 3.63) is 18.2 Å². The quantitative estimate of drug-likeness (QED) is 0.811. The van der Waals surface area contributed by atoms with Crippen LogP contribution in [0.15, 0.2) is 12.5 Å². The van der Waals surface area contributed by atoms with Crippen molar-refractivity contribution in [2.24, 2.45) is 11.7 Å². The van der Waals surface area contributed by atoms with Gasteiger partial charge in [0.2, 0.25) is 0 Å². The van der Waals surface area contributed by atoms with Crippen LogP contribution in [0.5, 0.6) is 0 Å². The van der Waals surface area contributed by atoms with Crippen molar-refractivity contribution in [3.8, 4) is 0 Å². The predicted octanol–water partition coefficient (Wildman–Crippen LogP) is 2.44. The molecule has 0 amide bonds. The number of imidazole rings is 1. The Morgan fingerprint density at radius 1 is 1.33 bits per heavy atom. The fourth-order valence-corrected chi connectivity index (χ4v) is 2.41. The molecular weight excluding hydrogens is 224 g/mol.